The summed E-state index contributed by atoms with van der Waals surface area (Å²) in [4.78, 5) is 14.1. The molecule has 0 radical (unpaired) electrons. The molecule has 2 rings (SSSR count). The molecule has 1 aliphatic rings. The molecule has 0 spiro atoms. The van der Waals surface area contributed by atoms with Gasteiger partial charge in [0.1, 0.15) is 11.6 Å². The minimum Gasteiger partial charge on any atom is -0.370 e. The maximum atomic E-state index is 4.59. The van der Waals surface area contributed by atoms with Gasteiger partial charge in [0.05, 0.1) is 6.54 Å². The fraction of sp³-hybridized carbons (Fsp3) is 0.733. The molecule has 112 valence electrons. The fourth-order valence-electron chi connectivity index (χ4n) is 2.61. The number of aryl methyl sites for hydroxylation is 1. The van der Waals surface area contributed by atoms with E-state index in [1.54, 1.807) is 0 Å². The zero-order chi connectivity index (χ0) is 14.5. The molecule has 5 nitrogen and oxygen atoms in total. The molecule has 0 aromatic carbocycles. The topological polar surface area (TPSA) is 44.3 Å². The number of nitrogens with zero attached hydrogens (tertiary/aromatic N) is 4. The highest BCUT2D eigenvalue weighted by molar-refractivity contribution is 5.35. The Labute approximate surface area is 122 Å². The van der Waals surface area contributed by atoms with Crippen molar-refractivity contribution in [2.24, 2.45) is 0 Å². The summed E-state index contributed by atoms with van der Waals surface area (Å²) in [5.41, 5.74) is 1.03. The molecule has 1 aliphatic heterocycles. The summed E-state index contributed by atoms with van der Waals surface area (Å²) < 4.78 is 0. The van der Waals surface area contributed by atoms with Crippen molar-refractivity contribution in [3.05, 3.63) is 17.6 Å². The summed E-state index contributed by atoms with van der Waals surface area (Å²) in [5.74, 6) is 1.87. The summed E-state index contributed by atoms with van der Waals surface area (Å²) in [7, 11) is 0. The summed E-state index contributed by atoms with van der Waals surface area (Å²) >= 11 is 0. The SMILES string of the molecule is CCNc1cc(C)nc(CN2CCN(C(C)C)CC2)n1. The lowest BCUT2D eigenvalue weighted by atomic mass is 10.2. The second-order valence-corrected chi connectivity index (χ2v) is 5.75. The van der Waals surface area contributed by atoms with Crippen LogP contribution in [0.3, 0.4) is 0 Å². The first-order chi connectivity index (χ1) is 9.58. The second kappa shape index (κ2) is 6.99. The van der Waals surface area contributed by atoms with Crippen LogP contribution >= 0.6 is 0 Å². The summed E-state index contributed by atoms with van der Waals surface area (Å²) in [6, 6.07) is 2.65. The molecular weight excluding hydrogens is 250 g/mol. The molecule has 0 amide bonds. The number of hydrogen-bond donors (Lipinski definition) is 1. The smallest absolute Gasteiger partial charge is 0.144 e. The lowest BCUT2D eigenvalue weighted by Crippen LogP contribution is -2.48. The van der Waals surface area contributed by atoms with E-state index in [1.807, 2.05) is 13.0 Å². The minimum atomic E-state index is 0.646. The van der Waals surface area contributed by atoms with Gasteiger partial charge in [-0.15, -0.1) is 0 Å². The van der Waals surface area contributed by atoms with E-state index in [1.165, 1.54) is 0 Å². The van der Waals surface area contributed by atoms with Crippen LogP contribution in [0.1, 0.15) is 32.3 Å². The van der Waals surface area contributed by atoms with Gasteiger partial charge in [0.15, 0.2) is 0 Å². The molecule has 1 N–H and O–H groups in total. The van der Waals surface area contributed by atoms with Crippen LogP contribution in [0.2, 0.25) is 0 Å². The quantitative estimate of drug-likeness (QED) is 0.888. The Morgan fingerprint density at radius 1 is 1.20 bits per heavy atom. The van der Waals surface area contributed by atoms with Crippen LogP contribution in [0.4, 0.5) is 5.82 Å². The number of nitrogens with one attached hydrogen (secondary N) is 1. The number of anilines is 1. The Morgan fingerprint density at radius 3 is 2.50 bits per heavy atom. The van der Waals surface area contributed by atoms with Gasteiger partial charge in [0, 0.05) is 50.5 Å². The molecule has 5 heteroatoms. The Hall–Kier alpha value is -1.20. The van der Waals surface area contributed by atoms with Crippen molar-refractivity contribution in [2.75, 3.05) is 38.0 Å². The molecule has 1 fully saturated rings. The van der Waals surface area contributed by atoms with Gasteiger partial charge in [-0.1, -0.05) is 0 Å². The maximum Gasteiger partial charge on any atom is 0.144 e. The Kier molecular flexibility index (Phi) is 5.31. The van der Waals surface area contributed by atoms with Gasteiger partial charge in [0.25, 0.3) is 0 Å². The van der Waals surface area contributed by atoms with Crippen molar-refractivity contribution >= 4 is 5.82 Å². The van der Waals surface area contributed by atoms with E-state index in [0.29, 0.717) is 6.04 Å². The first-order valence-corrected chi connectivity index (χ1v) is 7.63. The van der Waals surface area contributed by atoms with Crippen LogP contribution < -0.4 is 5.32 Å². The van der Waals surface area contributed by atoms with E-state index in [-0.39, 0.29) is 0 Å². The molecule has 0 bridgehead atoms. The zero-order valence-corrected chi connectivity index (χ0v) is 13.2. The molecule has 20 heavy (non-hydrogen) atoms. The van der Waals surface area contributed by atoms with Gasteiger partial charge in [-0.2, -0.15) is 0 Å². The number of aromatic nitrogens is 2. The van der Waals surface area contributed by atoms with Crippen molar-refractivity contribution in [2.45, 2.75) is 40.3 Å². The normalized spacial score (nSPS) is 17.6. The lowest BCUT2D eigenvalue weighted by Gasteiger charge is -2.36. The highest BCUT2D eigenvalue weighted by Crippen LogP contribution is 2.11. The third-order valence-electron chi connectivity index (χ3n) is 3.76. The van der Waals surface area contributed by atoms with E-state index in [9.17, 15) is 0 Å². The standard InChI is InChI=1S/C15H27N5/c1-5-16-14-10-13(4)17-15(18-14)11-19-6-8-20(9-7-19)12(2)3/h10,12H,5-9,11H2,1-4H3,(H,16,17,18). The van der Waals surface area contributed by atoms with Gasteiger partial charge in [-0.25, -0.2) is 9.97 Å². The van der Waals surface area contributed by atoms with Crippen molar-refractivity contribution in [1.82, 2.24) is 19.8 Å². The third kappa shape index (κ3) is 4.15. The summed E-state index contributed by atoms with van der Waals surface area (Å²) in [6.07, 6.45) is 0. The molecular formula is C15H27N5. The maximum absolute atomic E-state index is 4.59. The molecule has 0 aliphatic carbocycles. The van der Waals surface area contributed by atoms with Gasteiger partial charge >= 0.3 is 0 Å². The predicted octanol–water partition coefficient (Wildman–Crippen LogP) is 1.74. The van der Waals surface area contributed by atoms with Crippen LogP contribution in [0, 0.1) is 6.92 Å². The highest BCUT2D eigenvalue weighted by atomic mass is 15.3. The van der Waals surface area contributed by atoms with Gasteiger partial charge in [0.2, 0.25) is 0 Å². The fourth-order valence-corrected chi connectivity index (χ4v) is 2.61. The Morgan fingerprint density at radius 2 is 1.90 bits per heavy atom. The first kappa shape index (κ1) is 15.2. The largest absolute Gasteiger partial charge is 0.370 e. The van der Waals surface area contributed by atoms with E-state index in [2.05, 4.69) is 45.9 Å². The van der Waals surface area contributed by atoms with Crippen LogP contribution in [0.5, 0.6) is 0 Å². The van der Waals surface area contributed by atoms with Crippen molar-refractivity contribution in [3.8, 4) is 0 Å². The Balaban J connectivity index is 1.94. The molecule has 1 saturated heterocycles. The molecule has 0 saturated carbocycles. The summed E-state index contributed by atoms with van der Waals surface area (Å²) in [6.45, 7) is 14.9. The molecule has 1 aromatic rings. The third-order valence-corrected chi connectivity index (χ3v) is 3.76. The van der Waals surface area contributed by atoms with E-state index in [4.69, 9.17) is 0 Å². The highest BCUT2D eigenvalue weighted by Gasteiger charge is 2.19. The number of rotatable bonds is 5. The molecule has 1 aromatic heterocycles. The monoisotopic (exact) mass is 277 g/mol. The second-order valence-electron chi connectivity index (χ2n) is 5.75. The molecule has 0 unspecified atom stereocenters. The number of piperazine rings is 1. The van der Waals surface area contributed by atoms with Gasteiger partial charge < -0.3 is 5.32 Å². The Bertz CT molecular complexity index is 424. The van der Waals surface area contributed by atoms with Crippen molar-refractivity contribution in [3.63, 3.8) is 0 Å². The first-order valence-electron chi connectivity index (χ1n) is 7.63. The molecule has 0 atom stereocenters. The van der Waals surface area contributed by atoms with Gasteiger partial charge in [-0.05, 0) is 27.7 Å². The van der Waals surface area contributed by atoms with Crippen LogP contribution in [-0.2, 0) is 6.54 Å². The zero-order valence-electron chi connectivity index (χ0n) is 13.2. The van der Waals surface area contributed by atoms with Crippen molar-refractivity contribution < 1.29 is 0 Å². The van der Waals surface area contributed by atoms with E-state index < -0.39 is 0 Å². The van der Waals surface area contributed by atoms with Crippen LogP contribution in [0.15, 0.2) is 6.07 Å². The average molecular weight is 277 g/mol. The molecule has 2 heterocycles. The van der Waals surface area contributed by atoms with Crippen molar-refractivity contribution in [1.29, 1.82) is 0 Å². The predicted molar refractivity (Wildman–Crippen MR) is 82.9 cm³/mol. The van der Waals surface area contributed by atoms with Gasteiger partial charge in [-0.3, -0.25) is 9.80 Å². The average Bonchev–Trinajstić information content (AvgIpc) is 2.39. The van der Waals surface area contributed by atoms with E-state index in [0.717, 1.165) is 56.6 Å². The lowest BCUT2D eigenvalue weighted by molar-refractivity contribution is 0.102. The minimum absolute atomic E-state index is 0.646. The number of hydrogen-bond acceptors (Lipinski definition) is 5. The summed E-state index contributed by atoms with van der Waals surface area (Å²) in [5, 5.41) is 3.27. The van der Waals surface area contributed by atoms with E-state index >= 15 is 0 Å². The van der Waals surface area contributed by atoms with Crippen LogP contribution in [-0.4, -0.2) is 58.5 Å². The van der Waals surface area contributed by atoms with Crippen LogP contribution in [0.25, 0.3) is 0 Å².